The van der Waals surface area contributed by atoms with E-state index < -0.39 is 0 Å². The van der Waals surface area contributed by atoms with Crippen molar-refractivity contribution in [2.45, 2.75) is 31.2 Å². The first kappa shape index (κ1) is 12.6. The number of hydrogen-bond acceptors (Lipinski definition) is 2. The highest BCUT2D eigenvalue weighted by molar-refractivity contribution is 5.83. The molecule has 0 bridgehead atoms. The summed E-state index contributed by atoms with van der Waals surface area (Å²) in [6.45, 7) is 0.406. The van der Waals surface area contributed by atoms with Gasteiger partial charge in [-0.1, -0.05) is 18.2 Å². The zero-order valence-corrected chi connectivity index (χ0v) is 10.8. The third-order valence-electron chi connectivity index (χ3n) is 4.02. The lowest BCUT2D eigenvalue weighted by Gasteiger charge is -2.21. The molecule has 0 aliphatic heterocycles. The molecule has 4 heteroatoms. The van der Waals surface area contributed by atoms with Crippen LogP contribution in [0.1, 0.15) is 30.7 Å². The normalized spacial score (nSPS) is 25.2. The molecule has 2 aliphatic rings. The number of nitrogens with zero attached hydrogens (tertiary/aromatic N) is 1. The Morgan fingerprint density at radius 3 is 2.74 bits per heavy atom. The fourth-order valence-corrected chi connectivity index (χ4v) is 2.77. The number of carbonyl (C=O) groups excluding carboxylic acids is 1. The highest BCUT2D eigenvalue weighted by atomic mass is 19.1. The number of halogens is 1. The Balaban J connectivity index is 1.68. The van der Waals surface area contributed by atoms with Crippen molar-refractivity contribution in [1.29, 1.82) is 0 Å². The Hall–Kier alpha value is -1.42. The van der Waals surface area contributed by atoms with Crippen LogP contribution in [0, 0.1) is 11.7 Å². The Labute approximate surface area is 112 Å². The number of hydrogen-bond donors (Lipinski definition) is 1. The van der Waals surface area contributed by atoms with Gasteiger partial charge in [0.05, 0.1) is 6.61 Å². The van der Waals surface area contributed by atoms with E-state index in [0.29, 0.717) is 18.2 Å². The van der Waals surface area contributed by atoms with Crippen LogP contribution in [0.2, 0.25) is 0 Å². The van der Waals surface area contributed by atoms with Gasteiger partial charge in [-0.2, -0.15) is 0 Å². The van der Waals surface area contributed by atoms with Crippen LogP contribution in [0.25, 0.3) is 0 Å². The van der Waals surface area contributed by atoms with Crippen LogP contribution in [0.4, 0.5) is 4.39 Å². The number of benzene rings is 1. The lowest BCUT2D eigenvalue weighted by molar-refractivity contribution is -0.133. The van der Waals surface area contributed by atoms with Crippen LogP contribution in [-0.4, -0.2) is 35.1 Å². The lowest BCUT2D eigenvalue weighted by atomic mass is 10.1. The molecule has 19 heavy (non-hydrogen) atoms. The Kier molecular flexibility index (Phi) is 3.27. The molecule has 2 fully saturated rings. The summed E-state index contributed by atoms with van der Waals surface area (Å²) < 4.78 is 13.7. The van der Waals surface area contributed by atoms with E-state index >= 15 is 0 Å². The van der Waals surface area contributed by atoms with E-state index in [1.165, 1.54) is 6.07 Å². The second-order valence-electron chi connectivity index (χ2n) is 5.46. The van der Waals surface area contributed by atoms with Crippen molar-refractivity contribution < 1.29 is 14.3 Å². The van der Waals surface area contributed by atoms with Crippen LogP contribution < -0.4 is 0 Å². The summed E-state index contributed by atoms with van der Waals surface area (Å²) in [5.41, 5.74) is 0.653. The molecule has 2 aliphatic carbocycles. The highest BCUT2D eigenvalue weighted by Crippen LogP contribution is 2.50. The van der Waals surface area contributed by atoms with E-state index in [-0.39, 0.29) is 30.2 Å². The van der Waals surface area contributed by atoms with Crippen LogP contribution >= 0.6 is 0 Å². The molecule has 1 aromatic carbocycles. The van der Waals surface area contributed by atoms with Crippen LogP contribution in [0.5, 0.6) is 0 Å². The van der Waals surface area contributed by atoms with Gasteiger partial charge in [-0.15, -0.1) is 0 Å². The van der Waals surface area contributed by atoms with Gasteiger partial charge in [-0.3, -0.25) is 4.79 Å². The Morgan fingerprint density at radius 1 is 1.37 bits per heavy atom. The van der Waals surface area contributed by atoms with Crippen LogP contribution in [0.3, 0.4) is 0 Å². The molecule has 0 saturated heterocycles. The second kappa shape index (κ2) is 4.93. The molecule has 0 spiro atoms. The van der Waals surface area contributed by atoms with Gasteiger partial charge in [0.15, 0.2) is 0 Å². The van der Waals surface area contributed by atoms with E-state index in [2.05, 4.69) is 0 Å². The maximum Gasteiger partial charge on any atom is 0.226 e. The van der Waals surface area contributed by atoms with Gasteiger partial charge in [-0.05, 0) is 36.8 Å². The Bertz CT molecular complexity index is 487. The standard InChI is InChI=1S/C15H18FNO2/c16-14-4-2-1-3-11(14)12-9-13(12)15(19)17(7-8-18)10-5-6-10/h1-4,10,12-13,18H,5-9H2. The van der Waals surface area contributed by atoms with Crippen molar-refractivity contribution in [3.8, 4) is 0 Å². The van der Waals surface area contributed by atoms with Gasteiger partial charge in [0.2, 0.25) is 5.91 Å². The molecule has 1 aromatic rings. The van der Waals surface area contributed by atoms with Crippen molar-refractivity contribution in [3.63, 3.8) is 0 Å². The van der Waals surface area contributed by atoms with E-state index in [1.807, 2.05) is 6.07 Å². The number of amides is 1. The second-order valence-corrected chi connectivity index (χ2v) is 5.46. The minimum atomic E-state index is -0.220. The zero-order valence-electron chi connectivity index (χ0n) is 10.8. The minimum absolute atomic E-state index is 0.000670. The first-order chi connectivity index (χ1) is 9.22. The van der Waals surface area contributed by atoms with Crippen LogP contribution in [0.15, 0.2) is 24.3 Å². The molecule has 2 unspecified atom stereocenters. The molecule has 0 aromatic heterocycles. The molecule has 3 nitrogen and oxygen atoms in total. The maximum absolute atomic E-state index is 13.7. The average molecular weight is 263 g/mol. The molecular formula is C15H18FNO2. The molecule has 1 N–H and O–H groups in total. The fourth-order valence-electron chi connectivity index (χ4n) is 2.77. The molecular weight excluding hydrogens is 245 g/mol. The van der Waals surface area contributed by atoms with Gasteiger partial charge in [0.1, 0.15) is 5.82 Å². The molecule has 0 heterocycles. The summed E-state index contributed by atoms with van der Waals surface area (Å²) in [4.78, 5) is 14.1. The van der Waals surface area contributed by atoms with E-state index in [4.69, 9.17) is 5.11 Å². The molecule has 2 atom stereocenters. The van der Waals surface area contributed by atoms with Crippen molar-refractivity contribution in [1.82, 2.24) is 4.90 Å². The summed E-state index contributed by atoms with van der Waals surface area (Å²) >= 11 is 0. The van der Waals surface area contributed by atoms with Crippen LogP contribution in [-0.2, 0) is 4.79 Å². The predicted octanol–water partition coefficient (Wildman–Crippen LogP) is 1.91. The molecule has 102 valence electrons. The quantitative estimate of drug-likeness (QED) is 0.881. The van der Waals surface area contributed by atoms with E-state index in [9.17, 15) is 9.18 Å². The van der Waals surface area contributed by atoms with E-state index in [0.717, 1.165) is 19.3 Å². The van der Waals surface area contributed by atoms with Crippen molar-refractivity contribution in [3.05, 3.63) is 35.6 Å². The number of aliphatic hydroxyl groups excluding tert-OH is 1. The third-order valence-corrected chi connectivity index (χ3v) is 4.02. The average Bonchev–Trinajstić information content (AvgIpc) is 3.27. The zero-order chi connectivity index (χ0) is 13.4. The van der Waals surface area contributed by atoms with Gasteiger partial charge in [0, 0.05) is 18.5 Å². The summed E-state index contributed by atoms with van der Waals surface area (Å²) in [6.07, 6.45) is 2.79. The van der Waals surface area contributed by atoms with Gasteiger partial charge in [-0.25, -0.2) is 4.39 Å². The first-order valence-corrected chi connectivity index (χ1v) is 6.88. The molecule has 3 rings (SSSR count). The third kappa shape index (κ3) is 2.50. The van der Waals surface area contributed by atoms with Crippen molar-refractivity contribution in [2.75, 3.05) is 13.2 Å². The van der Waals surface area contributed by atoms with E-state index in [1.54, 1.807) is 17.0 Å². The summed E-state index contributed by atoms with van der Waals surface area (Å²) in [5, 5.41) is 9.04. The SMILES string of the molecule is O=C(C1CC1c1ccccc1F)N(CCO)C1CC1. The van der Waals surface area contributed by atoms with Crippen molar-refractivity contribution in [2.24, 2.45) is 5.92 Å². The van der Waals surface area contributed by atoms with Crippen molar-refractivity contribution >= 4 is 5.91 Å². The molecule has 0 radical (unpaired) electrons. The maximum atomic E-state index is 13.7. The molecule has 2 saturated carbocycles. The van der Waals surface area contributed by atoms with Gasteiger partial charge >= 0.3 is 0 Å². The monoisotopic (exact) mass is 263 g/mol. The number of aliphatic hydroxyl groups is 1. The first-order valence-electron chi connectivity index (χ1n) is 6.88. The Morgan fingerprint density at radius 2 is 2.11 bits per heavy atom. The smallest absolute Gasteiger partial charge is 0.226 e. The fraction of sp³-hybridized carbons (Fsp3) is 0.533. The predicted molar refractivity (Wildman–Crippen MR) is 69.1 cm³/mol. The lowest BCUT2D eigenvalue weighted by Crippen LogP contribution is -2.36. The highest BCUT2D eigenvalue weighted by Gasteiger charge is 2.48. The van der Waals surface area contributed by atoms with Gasteiger partial charge in [0.25, 0.3) is 0 Å². The topological polar surface area (TPSA) is 40.5 Å². The summed E-state index contributed by atoms with van der Waals surface area (Å²) in [6, 6.07) is 6.99. The summed E-state index contributed by atoms with van der Waals surface area (Å²) in [7, 11) is 0. The minimum Gasteiger partial charge on any atom is -0.395 e. The summed E-state index contributed by atoms with van der Waals surface area (Å²) in [5.74, 6) is -0.203. The molecule has 1 amide bonds. The number of carbonyl (C=O) groups is 1. The largest absolute Gasteiger partial charge is 0.395 e. The number of rotatable bonds is 5. The van der Waals surface area contributed by atoms with Gasteiger partial charge < -0.3 is 10.0 Å².